The first-order valence-corrected chi connectivity index (χ1v) is 11.8. The van der Waals surface area contributed by atoms with Gasteiger partial charge >= 0.3 is 12.0 Å². The van der Waals surface area contributed by atoms with Gasteiger partial charge in [0, 0.05) is 48.3 Å². The fourth-order valence-electron chi connectivity index (χ4n) is 4.65. The highest BCUT2D eigenvalue weighted by atomic mass is 32.2. The highest BCUT2D eigenvalue weighted by molar-refractivity contribution is 8.03. The first-order chi connectivity index (χ1) is 16.1. The number of fused-ring (bicyclic) bond motifs is 1. The number of urea groups is 1. The second-order valence-electron chi connectivity index (χ2n) is 8.77. The van der Waals surface area contributed by atoms with Crippen molar-refractivity contribution in [2.24, 2.45) is 11.8 Å². The molecule has 2 N–H and O–H groups in total. The number of amides is 3. The number of β-lactam (4-membered cyclic amide) rings is 1. The Labute approximate surface area is 200 Å². The molecule has 1 unspecified atom stereocenters. The van der Waals surface area contributed by atoms with Gasteiger partial charge in [0.25, 0.3) is 5.69 Å². The third-order valence-electron chi connectivity index (χ3n) is 6.42. The molecule has 2 saturated heterocycles. The summed E-state index contributed by atoms with van der Waals surface area (Å²) in [5.74, 6) is -1.77. The normalized spacial score (nSPS) is 27.2. The van der Waals surface area contributed by atoms with Crippen LogP contribution in [0.2, 0.25) is 0 Å². The second-order valence-corrected chi connectivity index (χ2v) is 10.1. The number of benzene rings is 1. The minimum Gasteiger partial charge on any atom is -0.456 e. The Morgan fingerprint density at radius 3 is 2.62 bits per heavy atom. The maximum Gasteiger partial charge on any atom is 0.356 e. The lowest BCUT2D eigenvalue weighted by molar-refractivity contribution is -0.384. The van der Waals surface area contributed by atoms with Gasteiger partial charge in [-0.1, -0.05) is 6.92 Å². The molecule has 3 aliphatic rings. The van der Waals surface area contributed by atoms with Gasteiger partial charge in [0.15, 0.2) is 0 Å². The Kier molecular flexibility index (Phi) is 6.54. The Hall–Kier alpha value is -3.12. The predicted octanol–water partition coefficient (Wildman–Crippen LogP) is 1.46. The van der Waals surface area contributed by atoms with E-state index in [-0.39, 0.29) is 47.1 Å². The van der Waals surface area contributed by atoms with Crippen molar-refractivity contribution in [3.05, 3.63) is 50.5 Å². The summed E-state index contributed by atoms with van der Waals surface area (Å²) in [4.78, 5) is 51.8. The van der Waals surface area contributed by atoms with Crippen molar-refractivity contribution in [1.29, 1.82) is 0 Å². The number of nitro benzene ring substituents is 1. The van der Waals surface area contributed by atoms with Crippen molar-refractivity contribution in [3.8, 4) is 0 Å². The number of nitrogens with one attached hydrogen (secondary N) is 1. The van der Waals surface area contributed by atoms with Crippen molar-refractivity contribution in [2.45, 2.75) is 37.9 Å². The minimum absolute atomic E-state index is 0.0311. The molecule has 0 saturated carbocycles. The number of ether oxygens (including phenoxy) is 1. The van der Waals surface area contributed by atoms with Gasteiger partial charge in [-0.2, -0.15) is 0 Å². The van der Waals surface area contributed by atoms with E-state index in [4.69, 9.17) is 4.74 Å². The lowest BCUT2D eigenvalue weighted by Gasteiger charge is -2.46. The van der Waals surface area contributed by atoms with Gasteiger partial charge in [0.05, 0.1) is 23.0 Å². The van der Waals surface area contributed by atoms with Gasteiger partial charge < -0.3 is 25.0 Å². The summed E-state index contributed by atoms with van der Waals surface area (Å²) in [5.41, 5.74) is 0.680. The Morgan fingerprint density at radius 1 is 1.35 bits per heavy atom. The number of carbonyl (C=O) groups excluding carboxylic acids is 3. The number of carbonyl (C=O) groups is 3. The zero-order valence-corrected chi connectivity index (χ0v) is 19.8. The monoisotopic (exact) mass is 490 g/mol. The van der Waals surface area contributed by atoms with Crippen LogP contribution in [-0.2, 0) is 20.9 Å². The molecule has 2 fully saturated rings. The molecule has 0 bridgehead atoms. The first kappa shape index (κ1) is 24.0. The smallest absolute Gasteiger partial charge is 0.356 e. The molecular weight excluding hydrogens is 464 g/mol. The van der Waals surface area contributed by atoms with Crippen molar-refractivity contribution in [1.82, 2.24) is 15.1 Å². The standard InChI is InChI=1S/C22H26N4O7S/c1-11-17-16(12(2)27)20(28)25(17)18(19(11)34-15-8-23-22(30)24(3)9-15)21(29)33-10-13-4-6-14(7-5-13)26(31)32/h4-7,11-12,15-17,27H,8-10H2,1-3H3,(H,23,30)/t11-,12-,15?,16-,17-/m1/s1. The van der Waals surface area contributed by atoms with Gasteiger partial charge in [-0.15, -0.1) is 11.8 Å². The lowest BCUT2D eigenvalue weighted by atomic mass is 9.79. The molecule has 34 heavy (non-hydrogen) atoms. The quantitative estimate of drug-likeness (QED) is 0.253. The molecule has 3 aliphatic heterocycles. The highest BCUT2D eigenvalue weighted by Gasteiger charge is 2.60. The van der Waals surface area contributed by atoms with Gasteiger partial charge in [0.1, 0.15) is 12.3 Å². The molecule has 3 heterocycles. The van der Waals surface area contributed by atoms with Crippen molar-refractivity contribution in [3.63, 3.8) is 0 Å². The van der Waals surface area contributed by atoms with Crippen molar-refractivity contribution < 1.29 is 29.2 Å². The number of nitrogens with zero attached hydrogens (tertiary/aromatic N) is 3. The minimum atomic E-state index is -0.849. The van der Waals surface area contributed by atoms with Crippen LogP contribution < -0.4 is 5.32 Å². The van der Waals surface area contributed by atoms with Crippen LogP contribution in [0.1, 0.15) is 19.4 Å². The number of nitro groups is 1. The molecule has 3 amide bonds. The fourth-order valence-corrected chi connectivity index (χ4v) is 6.12. The molecule has 5 atom stereocenters. The number of hydrogen-bond donors (Lipinski definition) is 2. The van der Waals surface area contributed by atoms with E-state index in [0.717, 1.165) is 0 Å². The van der Waals surface area contributed by atoms with Crippen LogP contribution >= 0.6 is 11.8 Å². The van der Waals surface area contributed by atoms with Gasteiger partial charge in [-0.05, 0) is 24.6 Å². The number of non-ortho nitro benzene ring substituents is 1. The van der Waals surface area contributed by atoms with Gasteiger partial charge in [0.2, 0.25) is 5.91 Å². The summed E-state index contributed by atoms with van der Waals surface area (Å²) in [6.45, 7) is 4.28. The number of hydrogen-bond acceptors (Lipinski definition) is 8. The molecule has 1 aromatic carbocycles. The van der Waals surface area contributed by atoms with Crippen LogP contribution in [0, 0.1) is 22.0 Å². The van der Waals surface area contributed by atoms with Crippen molar-refractivity contribution in [2.75, 3.05) is 20.1 Å². The molecule has 0 aromatic heterocycles. The lowest BCUT2D eigenvalue weighted by Crippen LogP contribution is -2.63. The molecule has 12 heteroatoms. The van der Waals surface area contributed by atoms with E-state index in [1.807, 2.05) is 6.92 Å². The summed E-state index contributed by atoms with van der Waals surface area (Å²) in [6.07, 6.45) is -0.849. The molecule has 0 radical (unpaired) electrons. The number of aliphatic hydroxyl groups is 1. The van der Waals surface area contributed by atoms with E-state index in [0.29, 0.717) is 23.6 Å². The number of rotatable bonds is 7. The highest BCUT2D eigenvalue weighted by Crippen LogP contribution is 2.51. The Bertz CT molecular complexity index is 1060. The van der Waals surface area contributed by atoms with E-state index in [1.165, 1.54) is 40.9 Å². The maximum absolute atomic E-state index is 13.2. The zero-order chi connectivity index (χ0) is 24.7. The van der Waals surface area contributed by atoms with E-state index >= 15 is 0 Å². The Morgan fingerprint density at radius 2 is 2.03 bits per heavy atom. The predicted molar refractivity (Wildman–Crippen MR) is 122 cm³/mol. The fraction of sp³-hybridized carbons (Fsp3) is 0.500. The van der Waals surface area contributed by atoms with E-state index in [1.54, 1.807) is 18.9 Å². The molecule has 4 rings (SSSR count). The summed E-state index contributed by atoms with van der Waals surface area (Å²) < 4.78 is 5.50. The van der Waals surface area contributed by atoms with Crippen LogP contribution in [0.3, 0.4) is 0 Å². The van der Waals surface area contributed by atoms with E-state index < -0.39 is 22.9 Å². The third-order valence-corrected chi connectivity index (χ3v) is 7.89. The van der Waals surface area contributed by atoms with Crippen LogP contribution in [-0.4, -0.2) is 75.3 Å². The van der Waals surface area contributed by atoms with Crippen LogP contribution in [0.5, 0.6) is 0 Å². The molecule has 182 valence electrons. The van der Waals surface area contributed by atoms with E-state index in [9.17, 15) is 29.6 Å². The molecule has 0 spiro atoms. The molecule has 1 aromatic rings. The summed E-state index contributed by atoms with van der Waals surface area (Å²) in [6, 6.07) is 5.17. The Balaban J connectivity index is 1.55. The maximum atomic E-state index is 13.2. The average molecular weight is 491 g/mol. The summed E-state index contributed by atoms with van der Waals surface area (Å²) >= 11 is 1.44. The number of thioether (sulfide) groups is 1. The van der Waals surface area contributed by atoms with Gasteiger partial charge in [-0.25, -0.2) is 9.59 Å². The molecule has 0 aliphatic carbocycles. The number of esters is 1. The summed E-state index contributed by atoms with van der Waals surface area (Å²) in [5, 5.41) is 23.7. The number of aliphatic hydroxyl groups excluding tert-OH is 1. The van der Waals surface area contributed by atoms with Crippen LogP contribution in [0.4, 0.5) is 10.5 Å². The van der Waals surface area contributed by atoms with E-state index in [2.05, 4.69) is 5.32 Å². The second kappa shape index (κ2) is 9.26. The largest absolute Gasteiger partial charge is 0.456 e. The SMILES string of the molecule is C[C@@H](O)[C@H]1C(=O)N2C(C(=O)OCc3ccc([N+](=O)[O-])cc3)=C(SC3CNC(=O)N(C)C3)[C@H](C)[C@H]12. The average Bonchev–Trinajstić information content (AvgIpc) is 3.02. The van der Waals surface area contributed by atoms with Crippen LogP contribution in [0.15, 0.2) is 34.9 Å². The third kappa shape index (κ3) is 4.23. The summed E-state index contributed by atoms with van der Waals surface area (Å²) in [7, 11) is 1.69. The zero-order valence-electron chi connectivity index (χ0n) is 19.0. The van der Waals surface area contributed by atoms with Crippen molar-refractivity contribution >= 4 is 35.4 Å². The first-order valence-electron chi connectivity index (χ1n) is 10.9. The molecular formula is C22H26N4O7S. The van der Waals surface area contributed by atoms with Gasteiger partial charge in [-0.3, -0.25) is 14.9 Å². The topological polar surface area (TPSA) is 142 Å². The van der Waals surface area contributed by atoms with Crippen LogP contribution in [0.25, 0.3) is 0 Å². The molecule has 11 nitrogen and oxygen atoms in total.